The average Bonchev–Trinajstić information content (AvgIpc) is 3.36. The first-order chi connectivity index (χ1) is 16.7. The molecule has 6 unspecified atom stereocenters. The van der Waals surface area contributed by atoms with Gasteiger partial charge in [-0.05, 0) is 68.2 Å². The molecule has 0 aliphatic heterocycles. The van der Waals surface area contributed by atoms with Crippen molar-refractivity contribution in [3.63, 3.8) is 0 Å². The minimum absolute atomic E-state index is 0.0141. The van der Waals surface area contributed by atoms with Crippen LogP contribution in [0.5, 0.6) is 0 Å². The van der Waals surface area contributed by atoms with Crippen LogP contribution in [0.4, 0.5) is 0 Å². The van der Waals surface area contributed by atoms with Crippen LogP contribution in [0.2, 0.25) is 0 Å². The van der Waals surface area contributed by atoms with E-state index in [1.165, 1.54) is 11.8 Å². The molecule has 0 radical (unpaired) electrons. The normalized spacial score (nSPS) is 40.2. The molecule has 7 atom stereocenters. The van der Waals surface area contributed by atoms with E-state index >= 15 is 0 Å². The van der Waals surface area contributed by atoms with Gasteiger partial charge < -0.3 is 15.2 Å². The Hall–Kier alpha value is -2.29. The topological polar surface area (TPSA) is 116 Å². The van der Waals surface area contributed by atoms with Crippen LogP contribution in [0.25, 0.3) is 11.2 Å². The monoisotopic (exact) mass is 493 g/mol. The number of aliphatic hydroxyl groups is 2. The fourth-order valence-corrected chi connectivity index (χ4v) is 8.77. The molecule has 3 N–H and O–H groups in total. The fraction of sp³-hybridized carbons (Fsp3) is 0.556. The van der Waals surface area contributed by atoms with Gasteiger partial charge >= 0.3 is 0 Å². The first kappa shape index (κ1) is 23.1. The number of hydrogen-bond acceptors (Lipinski definition) is 7. The Morgan fingerprint density at radius 1 is 1.31 bits per heavy atom. The number of thioether (sulfide) groups is 1. The summed E-state index contributed by atoms with van der Waals surface area (Å²) >= 11 is 1.29. The standard InChI is InChI=1S/C27H31N3O4S/c1-25-9-7-16(31)12-15(25)5-6-17-18-8-10-27(34,26(18,2)13-20(32)22(17)25)21(33)14-35-24-29-19-4-3-11-28-23(19)30-24/h3-4,7,9,11-12,17-18,20,22,32,34H,5-6,8,10,13-14H2,1-2H3,(H,28,29,30)/t17?,18?,20?,22?,25?,26?,27-/m0/s1. The fourth-order valence-electron chi connectivity index (χ4n) is 7.93. The molecule has 6 rings (SSSR count). The highest BCUT2D eigenvalue weighted by Crippen LogP contribution is 2.67. The first-order valence-corrected chi connectivity index (χ1v) is 13.5. The highest BCUT2D eigenvalue weighted by Gasteiger charge is 2.67. The molecule has 2 heterocycles. The van der Waals surface area contributed by atoms with Crippen molar-refractivity contribution in [3.8, 4) is 0 Å². The quantitative estimate of drug-likeness (QED) is 0.557. The molecular formula is C27H31N3O4S. The molecule has 4 aliphatic rings. The lowest BCUT2D eigenvalue weighted by atomic mass is 9.46. The SMILES string of the molecule is CC12C=CC(=O)C=C1CCC1C2C(O)CC2(C)C1CC[C@]2(O)C(=O)CSc1nc2ncccc2[nH]1. The molecule has 3 saturated carbocycles. The van der Waals surface area contributed by atoms with E-state index in [0.717, 1.165) is 30.4 Å². The van der Waals surface area contributed by atoms with Crippen LogP contribution in [-0.4, -0.2) is 54.2 Å². The molecule has 184 valence electrons. The third-order valence-corrected chi connectivity index (χ3v) is 10.6. The van der Waals surface area contributed by atoms with Crippen molar-refractivity contribution >= 4 is 34.5 Å². The number of nitrogens with zero attached hydrogens (tertiary/aromatic N) is 2. The average molecular weight is 494 g/mol. The van der Waals surface area contributed by atoms with Gasteiger partial charge in [0.25, 0.3) is 0 Å². The van der Waals surface area contributed by atoms with Crippen molar-refractivity contribution in [2.75, 3.05) is 5.75 Å². The highest BCUT2D eigenvalue weighted by molar-refractivity contribution is 7.99. The second kappa shape index (κ2) is 7.85. The largest absolute Gasteiger partial charge is 0.393 e. The van der Waals surface area contributed by atoms with Gasteiger partial charge in [0.05, 0.1) is 17.4 Å². The molecular weight excluding hydrogens is 462 g/mol. The number of aliphatic hydroxyl groups excluding tert-OH is 1. The van der Waals surface area contributed by atoms with Crippen molar-refractivity contribution in [2.24, 2.45) is 28.6 Å². The van der Waals surface area contributed by atoms with Crippen LogP contribution < -0.4 is 0 Å². The van der Waals surface area contributed by atoms with Gasteiger partial charge in [0.15, 0.2) is 22.4 Å². The number of imidazole rings is 1. The Kier molecular flexibility index (Phi) is 5.19. The van der Waals surface area contributed by atoms with Gasteiger partial charge in [-0.2, -0.15) is 0 Å². The van der Waals surface area contributed by atoms with E-state index in [0.29, 0.717) is 23.6 Å². The highest BCUT2D eigenvalue weighted by atomic mass is 32.2. The van der Waals surface area contributed by atoms with Crippen LogP contribution in [0.1, 0.15) is 46.0 Å². The first-order valence-electron chi connectivity index (χ1n) is 12.5. The Labute approximate surface area is 208 Å². The molecule has 7 nitrogen and oxygen atoms in total. The number of carbonyl (C=O) groups is 2. The van der Waals surface area contributed by atoms with Gasteiger partial charge in [-0.1, -0.05) is 37.3 Å². The lowest BCUT2D eigenvalue weighted by Gasteiger charge is -2.59. The Morgan fingerprint density at radius 2 is 2.14 bits per heavy atom. The molecule has 0 amide bonds. The lowest BCUT2D eigenvalue weighted by molar-refractivity contribution is -0.174. The summed E-state index contributed by atoms with van der Waals surface area (Å²) in [6.07, 6.45) is 9.64. The number of H-pyrrole nitrogens is 1. The minimum atomic E-state index is -1.48. The summed E-state index contributed by atoms with van der Waals surface area (Å²) < 4.78 is 0. The van der Waals surface area contributed by atoms with E-state index in [1.54, 1.807) is 18.3 Å². The third kappa shape index (κ3) is 3.26. The molecule has 0 bridgehead atoms. The van der Waals surface area contributed by atoms with E-state index in [-0.39, 0.29) is 40.5 Å². The number of aromatic amines is 1. The summed E-state index contributed by atoms with van der Waals surface area (Å²) in [5, 5.41) is 24.0. The van der Waals surface area contributed by atoms with E-state index in [2.05, 4.69) is 21.9 Å². The number of carbonyl (C=O) groups excluding carboxylic acids is 2. The number of allylic oxidation sites excluding steroid dienone is 4. The summed E-state index contributed by atoms with van der Waals surface area (Å²) in [4.78, 5) is 37.4. The van der Waals surface area contributed by atoms with Crippen molar-refractivity contribution in [3.05, 3.63) is 42.1 Å². The van der Waals surface area contributed by atoms with Crippen LogP contribution in [0.3, 0.4) is 0 Å². The van der Waals surface area contributed by atoms with E-state index in [4.69, 9.17) is 0 Å². The summed E-state index contributed by atoms with van der Waals surface area (Å²) in [6, 6.07) is 3.72. The molecule has 0 spiro atoms. The summed E-state index contributed by atoms with van der Waals surface area (Å²) in [6.45, 7) is 4.14. The molecule has 8 heteroatoms. The van der Waals surface area contributed by atoms with Gasteiger partial charge in [-0.25, -0.2) is 9.97 Å². The van der Waals surface area contributed by atoms with Gasteiger partial charge in [0, 0.05) is 22.9 Å². The molecule has 0 saturated heterocycles. The molecule has 2 aromatic rings. The van der Waals surface area contributed by atoms with Crippen molar-refractivity contribution in [1.82, 2.24) is 15.0 Å². The van der Waals surface area contributed by atoms with Gasteiger partial charge in [0.1, 0.15) is 5.60 Å². The van der Waals surface area contributed by atoms with Gasteiger partial charge in [0.2, 0.25) is 0 Å². The van der Waals surface area contributed by atoms with Gasteiger partial charge in [-0.15, -0.1) is 0 Å². The van der Waals surface area contributed by atoms with Crippen molar-refractivity contribution in [1.29, 1.82) is 0 Å². The van der Waals surface area contributed by atoms with Crippen LogP contribution >= 0.6 is 11.8 Å². The number of Topliss-reactive ketones (excluding diaryl/α,β-unsaturated/α-hetero) is 1. The van der Waals surface area contributed by atoms with Gasteiger partial charge in [-0.3, -0.25) is 9.59 Å². The zero-order chi connectivity index (χ0) is 24.6. The Bertz CT molecular complexity index is 1250. The number of ketones is 2. The second-order valence-electron chi connectivity index (χ2n) is 11.2. The maximum Gasteiger partial charge on any atom is 0.178 e. The summed E-state index contributed by atoms with van der Waals surface area (Å²) in [5.41, 5.74) is 0.00668. The second-order valence-corrected chi connectivity index (χ2v) is 12.2. The zero-order valence-corrected chi connectivity index (χ0v) is 20.8. The molecule has 0 aromatic carbocycles. The van der Waals surface area contributed by atoms with E-state index in [1.807, 2.05) is 25.1 Å². The minimum Gasteiger partial charge on any atom is -0.393 e. The zero-order valence-electron chi connectivity index (χ0n) is 20.0. The van der Waals surface area contributed by atoms with Crippen molar-refractivity contribution in [2.45, 2.75) is 62.8 Å². The maximum absolute atomic E-state index is 13.5. The third-order valence-electron chi connectivity index (χ3n) is 9.68. The van der Waals surface area contributed by atoms with E-state index < -0.39 is 17.1 Å². The van der Waals surface area contributed by atoms with Crippen LogP contribution in [0.15, 0.2) is 47.3 Å². The van der Waals surface area contributed by atoms with Crippen molar-refractivity contribution < 1.29 is 19.8 Å². The number of nitrogens with one attached hydrogen (secondary N) is 1. The predicted octanol–water partition coefficient (Wildman–Crippen LogP) is 3.63. The lowest BCUT2D eigenvalue weighted by Crippen LogP contribution is -2.61. The molecule has 4 aliphatic carbocycles. The number of fused-ring (bicyclic) bond motifs is 6. The number of rotatable bonds is 4. The number of pyridine rings is 1. The summed E-state index contributed by atoms with van der Waals surface area (Å²) in [5.74, 6) is 0.259. The molecule has 3 fully saturated rings. The number of aromatic nitrogens is 3. The molecule has 35 heavy (non-hydrogen) atoms. The van der Waals surface area contributed by atoms with Crippen LogP contribution in [-0.2, 0) is 9.59 Å². The maximum atomic E-state index is 13.5. The number of hydrogen-bond donors (Lipinski definition) is 3. The summed E-state index contributed by atoms with van der Waals surface area (Å²) in [7, 11) is 0. The Morgan fingerprint density at radius 3 is 2.94 bits per heavy atom. The molecule has 2 aromatic heterocycles. The Balaban J connectivity index is 1.25. The van der Waals surface area contributed by atoms with Crippen LogP contribution in [0, 0.1) is 28.6 Å². The predicted molar refractivity (Wildman–Crippen MR) is 133 cm³/mol. The van der Waals surface area contributed by atoms with E-state index in [9.17, 15) is 19.8 Å². The smallest absolute Gasteiger partial charge is 0.178 e.